The first-order valence-electron chi connectivity index (χ1n) is 7.30. The Kier molecular flexibility index (Phi) is 4.12. The molecule has 0 bridgehead atoms. The zero-order valence-corrected chi connectivity index (χ0v) is 11.6. The predicted octanol–water partition coefficient (Wildman–Crippen LogP) is 3.40. The lowest BCUT2D eigenvalue weighted by molar-refractivity contribution is 0.698. The van der Waals surface area contributed by atoms with Gasteiger partial charge >= 0.3 is 0 Å². The minimum Gasteiger partial charge on any atom is -0.373 e. The Morgan fingerprint density at radius 3 is 2.30 bits per heavy atom. The molecule has 0 saturated heterocycles. The van der Waals surface area contributed by atoms with Gasteiger partial charge in [-0.2, -0.15) is 0 Å². The SMILES string of the molecule is c1ccc(CC(C2=NCCCN2)c2ccccc2)cc1. The summed E-state index contributed by atoms with van der Waals surface area (Å²) in [4.78, 5) is 4.71. The van der Waals surface area contributed by atoms with E-state index in [1.807, 2.05) is 0 Å². The van der Waals surface area contributed by atoms with Crippen LogP contribution in [0.5, 0.6) is 0 Å². The Bertz CT molecular complexity index is 560. The smallest absolute Gasteiger partial charge is 0.104 e. The number of nitrogens with zero attached hydrogens (tertiary/aromatic N) is 1. The van der Waals surface area contributed by atoms with Crippen LogP contribution in [0.2, 0.25) is 0 Å². The topological polar surface area (TPSA) is 24.4 Å². The van der Waals surface area contributed by atoms with Crippen LogP contribution < -0.4 is 5.32 Å². The van der Waals surface area contributed by atoms with Crippen molar-refractivity contribution in [3.8, 4) is 0 Å². The summed E-state index contributed by atoms with van der Waals surface area (Å²) in [7, 11) is 0. The standard InChI is InChI=1S/C18H20N2/c1-3-8-15(9-4-1)14-17(16-10-5-2-6-11-16)18-19-12-7-13-20-18/h1-6,8-11,17H,7,12-14H2,(H,19,20). The van der Waals surface area contributed by atoms with E-state index in [0.717, 1.165) is 31.8 Å². The Labute approximate surface area is 120 Å². The lowest BCUT2D eigenvalue weighted by Gasteiger charge is -2.24. The van der Waals surface area contributed by atoms with Crippen molar-refractivity contribution in [1.82, 2.24) is 5.32 Å². The van der Waals surface area contributed by atoms with E-state index in [1.165, 1.54) is 11.1 Å². The van der Waals surface area contributed by atoms with Crippen LogP contribution in [0.3, 0.4) is 0 Å². The third kappa shape index (κ3) is 3.08. The highest BCUT2D eigenvalue weighted by Gasteiger charge is 2.20. The minimum absolute atomic E-state index is 0.332. The van der Waals surface area contributed by atoms with Gasteiger partial charge < -0.3 is 5.32 Å². The second-order valence-electron chi connectivity index (χ2n) is 5.20. The molecule has 1 aliphatic rings. The molecule has 0 radical (unpaired) electrons. The molecule has 0 aromatic heterocycles. The van der Waals surface area contributed by atoms with E-state index in [1.54, 1.807) is 0 Å². The van der Waals surface area contributed by atoms with Gasteiger partial charge in [-0.1, -0.05) is 60.7 Å². The minimum atomic E-state index is 0.332. The maximum Gasteiger partial charge on any atom is 0.104 e. The number of nitrogens with one attached hydrogen (secondary N) is 1. The largest absolute Gasteiger partial charge is 0.373 e. The normalized spacial score (nSPS) is 16.1. The summed E-state index contributed by atoms with van der Waals surface area (Å²) < 4.78 is 0. The van der Waals surface area contributed by atoms with Gasteiger partial charge in [-0.15, -0.1) is 0 Å². The fourth-order valence-corrected chi connectivity index (χ4v) is 2.69. The van der Waals surface area contributed by atoms with Crippen LogP contribution in [0.25, 0.3) is 0 Å². The molecule has 2 aromatic carbocycles. The van der Waals surface area contributed by atoms with Crippen LogP contribution in [-0.4, -0.2) is 18.9 Å². The molecule has 0 aliphatic carbocycles. The van der Waals surface area contributed by atoms with Gasteiger partial charge in [0.15, 0.2) is 0 Å². The van der Waals surface area contributed by atoms with Gasteiger partial charge in [0.1, 0.15) is 5.84 Å². The van der Waals surface area contributed by atoms with Crippen molar-refractivity contribution in [2.24, 2.45) is 4.99 Å². The number of benzene rings is 2. The van der Waals surface area contributed by atoms with E-state index < -0.39 is 0 Å². The Morgan fingerprint density at radius 2 is 1.65 bits per heavy atom. The van der Waals surface area contributed by atoms with Crippen LogP contribution in [0.4, 0.5) is 0 Å². The summed E-state index contributed by atoms with van der Waals surface area (Å²) in [6.07, 6.45) is 2.13. The maximum atomic E-state index is 4.71. The summed E-state index contributed by atoms with van der Waals surface area (Å²) in [6.45, 7) is 1.98. The molecule has 3 rings (SSSR count). The molecule has 20 heavy (non-hydrogen) atoms. The molecule has 1 unspecified atom stereocenters. The van der Waals surface area contributed by atoms with Gasteiger partial charge in [0.25, 0.3) is 0 Å². The van der Waals surface area contributed by atoms with Crippen molar-refractivity contribution < 1.29 is 0 Å². The highest BCUT2D eigenvalue weighted by atomic mass is 15.0. The van der Waals surface area contributed by atoms with E-state index in [0.29, 0.717) is 5.92 Å². The van der Waals surface area contributed by atoms with Crippen molar-refractivity contribution in [1.29, 1.82) is 0 Å². The van der Waals surface area contributed by atoms with Crippen LogP contribution in [0, 0.1) is 0 Å². The number of aliphatic imine (C=N–C) groups is 1. The Balaban J connectivity index is 1.89. The lowest BCUT2D eigenvalue weighted by Crippen LogP contribution is -2.35. The summed E-state index contributed by atoms with van der Waals surface area (Å²) in [5, 5.41) is 3.49. The van der Waals surface area contributed by atoms with Crippen LogP contribution in [0.15, 0.2) is 65.7 Å². The molecular weight excluding hydrogens is 244 g/mol. The number of rotatable bonds is 4. The van der Waals surface area contributed by atoms with Crippen LogP contribution in [-0.2, 0) is 6.42 Å². The van der Waals surface area contributed by atoms with Gasteiger partial charge in [-0.25, -0.2) is 0 Å². The first-order chi connectivity index (χ1) is 9.93. The van der Waals surface area contributed by atoms with Gasteiger partial charge in [-0.05, 0) is 24.0 Å². The Morgan fingerprint density at radius 1 is 0.950 bits per heavy atom. The van der Waals surface area contributed by atoms with E-state index >= 15 is 0 Å². The van der Waals surface area contributed by atoms with Crippen LogP contribution >= 0.6 is 0 Å². The molecule has 2 nitrogen and oxygen atoms in total. The summed E-state index contributed by atoms with van der Waals surface area (Å²) in [5.74, 6) is 1.48. The molecular formula is C18H20N2. The van der Waals surface area contributed by atoms with Crippen molar-refractivity contribution in [2.45, 2.75) is 18.8 Å². The highest BCUT2D eigenvalue weighted by molar-refractivity contribution is 5.89. The zero-order chi connectivity index (χ0) is 13.6. The van der Waals surface area contributed by atoms with Gasteiger partial charge in [0, 0.05) is 19.0 Å². The predicted molar refractivity (Wildman–Crippen MR) is 84.3 cm³/mol. The molecule has 1 atom stereocenters. The van der Waals surface area contributed by atoms with Crippen molar-refractivity contribution >= 4 is 5.84 Å². The molecule has 1 N–H and O–H groups in total. The first-order valence-corrected chi connectivity index (χ1v) is 7.30. The molecule has 0 fully saturated rings. The average Bonchev–Trinajstić information content (AvgIpc) is 2.55. The summed E-state index contributed by atoms with van der Waals surface area (Å²) in [6, 6.07) is 21.3. The van der Waals surface area contributed by atoms with Gasteiger partial charge in [0.2, 0.25) is 0 Å². The van der Waals surface area contributed by atoms with E-state index in [-0.39, 0.29) is 0 Å². The number of amidine groups is 1. The Hall–Kier alpha value is -2.09. The quantitative estimate of drug-likeness (QED) is 0.899. The molecule has 0 saturated carbocycles. The molecule has 1 heterocycles. The monoisotopic (exact) mass is 264 g/mol. The average molecular weight is 264 g/mol. The lowest BCUT2D eigenvalue weighted by atomic mass is 9.90. The van der Waals surface area contributed by atoms with Gasteiger partial charge in [0.05, 0.1) is 0 Å². The molecule has 1 aliphatic heterocycles. The van der Waals surface area contributed by atoms with E-state index in [2.05, 4.69) is 66.0 Å². The van der Waals surface area contributed by atoms with E-state index in [4.69, 9.17) is 4.99 Å². The molecule has 0 amide bonds. The summed E-state index contributed by atoms with van der Waals surface area (Å²) >= 11 is 0. The maximum absolute atomic E-state index is 4.71. The van der Waals surface area contributed by atoms with Crippen molar-refractivity contribution in [3.05, 3.63) is 71.8 Å². The van der Waals surface area contributed by atoms with Gasteiger partial charge in [-0.3, -0.25) is 4.99 Å². The summed E-state index contributed by atoms with van der Waals surface area (Å²) in [5.41, 5.74) is 2.70. The molecule has 102 valence electrons. The molecule has 0 spiro atoms. The fraction of sp³-hybridized carbons (Fsp3) is 0.278. The second kappa shape index (κ2) is 6.38. The zero-order valence-electron chi connectivity index (χ0n) is 11.6. The molecule has 2 heteroatoms. The van der Waals surface area contributed by atoms with Crippen molar-refractivity contribution in [3.63, 3.8) is 0 Å². The third-order valence-electron chi connectivity index (χ3n) is 3.74. The highest BCUT2D eigenvalue weighted by Crippen LogP contribution is 2.22. The van der Waals surface area contributed by atoms with Crippen molar-refractivity contribution in [2.75, 3.05) is 13.1 Å². The molecule has 2 aromatic rings. The third-order valence-corrected chi connectivity index (χ3v) is 3.74. The van der Waals surface area contributed by atoms with E-state index in [9.17, 15) is 0 Å². The number of hydrogen-bond donors (Lipinski definition) is 1. The first kappa shape index (κ1) is 12.9. The fourth-order valence-electron chi connectivity index (χ4n) is 2.69. The second-order valence-corrected chi connectivity index (χ2v) is 5.20. The van der Waals surface area contributed by atoms with Crippen LogP contribution in [0.1, 0.15) is 23.5 Å². The number of hydrogen-bond acceptors (Lipinski definition) is 2.